The highest BCUT2D eigenvalue weighted by Gasteiger charge is 2.25. The zero-order valence-electron chi connectivity index (χ0n) is 19.1. The molecule has 0 aliphatic carbocycles. The molecule has 32 heavy (non-hydrogen) atoms. The lowest BCUT2D eigenvalue weighted by molar-refractivity contribution is 0.0893. The molecule has 1 heterocycles. The van der Waals surface area contributed by atoms with Crippen molar-refractivity contribution >= 4 is 29.1 Å². The van der Waals surface area contributed by atoms with Gasteiger partial charge in [0, 0.05) is 18.2 Å². The maximum atomic E-state index is 12.8. The van der Waals surface area contributed by atoms with E-state index in [1.807, 2.05) is 36.4 Å². The van der Waals surface area contributed by atoms with E-state index in [9.17, 15) is 4.79 Å². The number of halogens is 2. The van der Waals surface area contributed by atoms with Crippen molar-refractivity contribution in [3.63, 3.8) is 0 Å². The van der Waals surface area contributed by atoms with E-state index >= 15 is 0 Å². The first-order chi connectivity index (χ1) is 15.4. The minimum absolute atomic E-state index is 0.00603. The second-order valence-corrected chi connectivity index (χ2v) is 10.0. The largest absolute Gasteiger partial charge is 0.348 e. The highest BCUT2D eigenvalue weighted by Crippen LogP contribution is 2.30. The first-order valence-electron chi connectivity index (χ1n) is 11.6. The van der Waals surface area contributed by atoms with Crippen molar-refractivity contribution in [2.45, 2.75) is 45.6 Å². The van der Waals surface area contributed by atoms with Crippen molar-refractivity contribution in [2.24, 2.45) is 17.6 Å². The Balaban J connectivity index is 1.51. The smallest absolute Gasteiger partial charge is 0.251 e. The molecule has 1 atom stereocenters. The Kier molecular flexibility index (Phi) is 9.42. The molecule has 3 rings (SSSR count). The number of rotatable bonds is 9. The summed E-state index contributed by atoms with van der Waals surface area (Å²) in [7, 11) is 0. The molecule has 0 bridgehead atoms. The number of nitrogens with zero attached hydrogens (tertiary/aromatic N) is 1. The van der Waals surface area contributed by atoms with Gasteiger partial charge in [0.2, 0.25) is 0 Å². The average molecular weight is 476 g/mol. The normalized spacial score (nSPS) is 16.3. The number of likely N-dealkylation sites (tertiary alicyclic amines) is 1. The highest BCUT2D eigenvalue weighted by molar-refractivity contribution is 6.42. The summed E-state index contributed by atoms with van der Waals surface area (Å²) in [6.45, 7) is 7.90. The van der Waals surface area contributed by atoms with Crippen LogP contribution in [-0.4, -0.2) is 43.0 Å². The predicted molar refractivity (Wildman–Crippen MR) is 135 cm³/mol. The second-order valence-electron chi connectivity index (χ2n) is 9.22. The molecule has 4 nitrogen and oxygen atoms in total. The number of hydrogen-bond donors (Lipinski definition) is 2. The maximum absolute atomic E-state index is 12.8. The van der Waals surface area contributed by atoms with Crippen LogP contribution in [0.4, 0.5) is 0 Å². The third kappa shape index (κ3) is 6.95. The number of amides is 1. The van der Waals surface area contributed by atoms with Gasteiger partial charge in [-0.15, -0.1) is 0 Å². The summed E-state index contributed by atoms with van der Waals surface area (Å²) in [5.74, 6) is 0.966. The molecule has 2 aromatic rings. The van der Waals surface area contributed by atoms with E-state index in [-0.39, 0.29) is 11.9 Å². The molecular weight excluding hydrogens is 441 g/mol. The van der Waals surface area contributed by atoms with Crippen molar-refractivity contribution in [1.82, 2.24) is 10.2 Å². The standard InChI is InChI=1S/C26H35Cl2N3O/c1-18(2)24(30-26(32)21-8-6-19(7-9-21)10-13-29)17-31-14-11-20(12-15-31)16-22-4-3-5-23(27)25(22)28/h3-9,18,20,24H,10-17,29H2,1-2H3,(H,30,32). The van der Waals surface area contributed by atoms with Crippen molar-refractivity contribution in [3.05, 3.63) is 69.2 Å². The number of piperidine rings is 1. The molecule has 2 aromatic carbocycles. The van der Waals surface area contributed by atoms with Crippen LogP contribution in [0.15, 0.2) is 42.5 Å². The third-order valence-electron chi connectivity index (χ3n) is 6.47. The molecule has 0 aromatic heterocycles. The quantitative estimate of drug-likeness (QED) is 0.523. The molecule has 6 heteroatoms. The molecule has 1 saturated heterocycles. The van der Waals surface area contributed by atoms with Crippen molar-refractivity contribution < 1.29 is 4.79 Å². The molecular formula is C26H35Cl2N3O. The van der Waals surface area contributed by atoms with E-state index in [2.05, 4.69) is 30.1 Å². The third-order valence-corrected chi connectivity index (χ3v) is 7.33. The van der Waals surface area contributed by atoms with Crippen LogP contribution in [0.2, 0.25) is 10.0 Å². The van der Waals surface area contributed by atoms with Crippen LogP contribution < -0.4 is 11.1 Å². The van der Waals surface area contributed by atoms with Gasteiger partial charge in [0.1, 0.15) is 0 Å². The molecule has 1 amide bonds. The summed E-state index contributed by atoms with van der Waals surface area (Å²) in [6, 6.07) is 13.8. The molecule has 1 unspecified atom stereocenters. The second kappa shape index (κ2) is 12.0. The van der Waals surface area contributed by atoms with Gasteiger partial charge in [-0.2, -0.15) is 0 Å². The van der Waals surface area contributed by atoms with Crippen LogP contribution in [0.3, 0.4) is 0 Å². The Morgan fingerprint density at radius 1 is 1.12 bits per heavy atom. The SMILES string of the molecule is CC(C)C(CN1CCC(Cc2cccc(Cl)c2Cl)CC1)NC(=O)c1ccc(CCN)cc1. The van der Waals surface area contributed by atoms with E-state index in [1.165, 1.54) is 0 Å². The van der Waals surface area contributed by atoms with Crippen LogP contribution >= 0.6 is 23.2 Å². The van der Waals surface area contributed by atoms with Gasteiger partial charge in [-0.05, 0) is 86.5 Å². The summed E-state index contributed by atoms with van der Waals surface area (Å²) >= 11 is 12.5. The predicted octanol–water partition coefficient (Wildman–Crippen LogP) is 5.20. The summed E-state index contributed by atoms with van der Waals surface area (Å²) in [5, 5.41) is 4.58. The number of carbonyl (C=O) groups is 1. The Bertz CT molecular complexity index is 877. The van der Waals surface area contributed by atoms with E-state index in [0.717, 1.165) is 56.4 Å². The number of nitrogens with two attached hydrogens (primary N) is 1. The number of nitrogens with one attached hydrogen (secondary N) is 1. The van der Waals surface area contributed by atoms with E-state index in [1.54, 1.807) is 0 Å². The molecule has 1 fully saturated rings. The van der Waals surface area contributed by atoms with Crippen LogP contribution in [0.1, 0.15) is 48.2 Å². The van der Waals surface area contributed by atoms with Gasteiger partial charge in [-0.1, -0.05) is 61.3 Å². The molecule has 1 aliphatic heterocycles. The monoisotopic (exact) mass is 475 g/mol. The lowest BCUT2D eigenvalue weighted by Crippen LogP contribution is -2.48. The molecule has 174 valence electrons. The first-order valence-corrected chi connectivity index (χ1v) is 12.4. The highest BCUT2D eigenvalue weighted by atomic mass is 35.5. The lowest BCUT2D eigenvalue weighted by atomic mass is 9.89. The fourth-order valence-corrected chi connectivity index (χ4v) is 4.73. The zero-order valence-corrected chi connectivity index (χ0v) is 20.6. The first kappa shape index (κ1) is 25.0. The van der Waals surface area contributed by atoms with Gasteiger partial charge in [-0.3, -0.25) is 4.79 Å². The van der Waals surface area contributed by atoms with Gasteiger partial charge >= 0.3 is 0 Å². The van der Waals surface area contributed by atoms with Gasteiger partial charge in [0.25, 0.3) is 5.91 Å². The Labute approximate surface area is 202 Å². The van der Waals surface area contributed by atoms with E-state index in [4.69, 9.17) is 28.9 Å². The van der Waals surface area contributed by atoms with Crippen molar-refractivity contribution in [2.75, 3.05) is 26.2 Å². The van der Waals surface area contributed by atoms with Gasteiger partial charge in [0.15, 0.2) is 0 Å². The average Bonchev–Trinajstić information content (AvgIpc) is 2.78. The summed E-state index contributed by atoms with van der Waals surface area (Å²) in [4.78, 5) is 15.3. The molecule has 0 saturated carbocycles. The number of hydrogen-bond acceptors (Lipinski definition) is 3. The van der Waals surface area contributed by atoms with Crippen LogP contribution in [0, 0.1) is 11.8 Å². The zero-order chi connectivity index (χ0) is 23.1. The molecule has 3 N–H and O–H groups in total. The molecule has 0 spiro atoms. The summed E-state index contributed by atoms with van der Waals surface area (Å²) in [5.41, 5.74) is 8.61. The van der Waals surface area contributed by atoms with E-state index < -0.39 is 0 Å². The molecule has 1 aliphatic rings. The Morgan fingerprint density at radius 2 is 1.81 bits per heavy atom. The number of carbonyl (C=O) groups excluding carboxylic acids is 1. The van der Waals surface area contributed by atoms with Crippen LogP contribution in [0.5, 0.6) is 0 Å². The summed E-state index contributed by atoms with van der Waals surface area (Å²) < 4.78 is 0. The lowest BCUT2D eigenvalue weighted by Gasteiger charge is -2.35. The van der Waals surface area contributed by atoms with Gasteiger partial charge in [-0.25, -0.2) is 0 Å². The minimum atomic E-state index is -0.00603. The maximum Gasteiger partial charge on any atom is 0.251 e. The Morgan fingerprint density at radius 3 is 2.44 bits per heavy atom. The van der Waals surface area contributed by atoms with Gasteiger partial charge < -0.3 is 16.0 Å². The van der Waals surface area contributed by atoms with Crippen LogP contribution in [0.25, 0.3) is 0 Å². The van der Waals surface area contributed by atoms with Crippen LogP contribution in [-0.2, 0) is 12.8 Å². The van der Waals surface area contributed by atoms with E-state index in [0.29, 0.717) is 34.0 Å². The summed E-state index contributed by atoms with van der Waals surface area (Å²) in [6.07, 6.45) is 4.06. The topological polar surface area (TPSA) is 58.4 Å². The fraction of sp³-hybridized carbons (Fsp3) is 0.500. The van der Waals surface area contributed by atoms with Crippen molar-refractivity contribution in [3.8, 4) is 0 Å². The van der Waals surface area contributed by atoms with Crippen molar-refractivity contribution in [1.29, 1.82) is 0 Å². The number of benzene rings is 2. The molecule has 0 radical (unpaired) electrons. The van der Waals surface area contributed by atoms with Gasteiger partial charge in [0.05, 0.1) is 10.0 Å². The minimum Gasteiger partial charge on any atom is -0.348 e. The Hall–Kier alpha value is -1.59. The fourth-order valence-electron chi connectivity index (χ4n) is 4.33.